The quantitative estimate of drug-likeness (QED) is 0.461. The van der Waals surface area contributed by atoms with E-state index in [4.69, 9.17) is 17.0 Å². The Hall–Kier alpha value is -2.60. The highest BCUT2D eigenvalue weighted by Crippen LogP contribution is 2.25. The van der Waals surface area contributed by atoms with Gasteiger partial charge in [0.1, 0.15) is 0 Å². The maximum Gasteiger partial charge on any atom is 0.338 e. The molecule has 0 aromatic heterocycles. The van der Waals surface area contributed by atoms with Crippen molar-refractivity contribution in [2.75, 3.05) is 29.9 Å². The van der Waals surface area contributed by atoms with Gasteiger partial charge in [0.05, 0.1) is 18.2 Å². The predicted octanol–water partition coefficient (Wildman–Crippen LogP) is 5.46. The molecule has 0 bridgehead atoms. The molecule has 5 nitrogen and oxygen atoms in total. The zero-order valence-electron chi connectivity index (χ0n) is 18.9. The molecule has 1 saturated heterocycles. The molecular weight excluding hydrogens is 406 g/mol. The molecule has 0 spiro atoms. The third-order valence-electron chi connectivity index (χ3n) is 5.76. The van der Waals surface area contributed by atoms with Gasteiger partial charge < -0.3 is 20.3 Å². The van der Waals surface area contributed by atoms with E-state index in [0.29, 0.717) is 17.3 Å². The molecular formula is C25H33N3O2S. The van der Waals surface area contributed by atoms with E-state index in [0.717, 1.165) is 30.3 Å². The van der Waals surface area contributed by atoms with E-state index in [2.05, 4.69) is 53.6 Å². The van der Waals surface area contributed by atoms with Gasteiger partial charge in [0.25, 0.3) is 0 Å². The summed E-state index contributed by atoms with van der Waals surface area (Å²) in [5, 5.41) is 7.08. The van der Waals surface area contributed by atoms with Gasteiger partial charge in [-0.15, -0.1) is 0 Å². The average Bonchev–Trinajstić information content (AvgIpc) is 2.75. The Bertz CT molecular complexity index is 913. The molecule has 0 unspecified atom stereocenters. The van der Waals surface area contributed by atoms with E-state index in [1.165, 1.54) is 24.1 Å². The van der Waals surface area contributed by atoms with Crippen molar-refractivity contribution in [1.82, 2.24) is 5.32 Å². The summed E-state index contributed by atoms with van der Waals surface area (Å²) < 4.78 is 5.09. The summed E-state index contributed by atoms with van der Waals surface area (Å²) in [6.07, 6.45) is 2.58. The number of aryl methyl sites for hydroxylation is 1. The average molecular weight is 440 g/mol. The molecule has 0 amide bonds. The van der Waals surface area contributed by atoms with Crippen LogP contribution in [0.4, 0.5) is 11.4 Å². The van der Waals surface area contributed by atoms with Gasteiger partial charge in [0, 0.05) is 24.5 Å². The fraction of sp³-hybridized carbons (Fsp3) is 0.440. The number of benzene rings is 2. The number of hydrogen-bond donors (Lipinski definition) is 2. The summed E-state index contributed by atoms with van der Waals surface area (Å²) in [6, 6.07) is 14.2. The van der Waals surface area contributed by atoms with Crippen molar-refractivity contribution in [3.05, 3.63) is 59.2 Å². The minimum absolute atomic E-state index is 0.0582. The molecule has 3 rings (SSSR count). The van der Waals surface area contributed by atoms with Crippen molar-refractivity contribution in [1.29, 1.82) is 0 Å². The standard InChI is InChI=1S/C25H33N3O2S/c1-5-30-24(29)21-9-8-18(3)23(15-21)27-25(31)26-19(4)20-10-12-22(13-11-20)28-14-6-7-17(2)16-28/h8-13,15,17,19H,5-7,14,16H2,1-4H3,(H2,26,27,31)/t17-,19+/m1/s1. The fourth-order valence-electron chi connectivity index (χ4n) is 3.93. The smallest absolute Gasteiger partial charge is 0.338 e. The molecule has 1 heterocycles. The molecule has 1 fully saturated rings. The molecule has 0 aliphatic carbocycles. The number of piperidine rings is 1. The van der Waals surface area contributed by atoms with E-state index in [1.54, 1.807) is 19.1 Å². The van der Waals surface area contributed by atoms with Crippen LogP contribution in [0.1, 0.15) is 61.1 Å². The van der Waals surface area contributed by atoms with E-state index < -0.39 is 0 Å². The second kappa shape index (κ2) is 10.6. The van der Waals surface area contributed by atoms with Gasteiger partial charge in [0.15, 0.2) is 5.11 Å². The first-order chi connectivity index (χ1) is 14.9. The Balaban J connectivity index is 1.60. The number of anilines is 2. The number of carbonyl (C=O) groups excluding carboxylic acids is 1. The van der Waals surface area contributed by atoms with Crippen molar-refractivity contribution in [2.45, 2.75) is 46.6 Å². The van der Waals surface area contributed by atoms with Crippen molar-refractivity contribution in [2.24, 2.45) is 5.92 Å². The Morgan fingerprint density at radius 3 is 2.68 bits per heavy atom. The zero-order chi connectivity index (χ0) is 22.4. The summed E-state index contributed by atoms with van der Waals surface area (Å²) in [7, 11) is 0. The minimum atomic E-state index is -0.332. The zero-order valence-corrected chi connectivity index (χ0v) is 19.7. The van der Waals surface area contributed by atoms with Crippen LogP contribution in [0.25, 0.3) is 0 Å². The van der Waals surface area contributed by atoms with Crippen LogP contribution in [-0.4, -0.2) is 30.8 Å². The molecule has 0 radical (unpaired) electrons. The number of esters is 1. The summed E-state index contributed by atoms with van der Waals surface area (Å²) in [6.45, 7) is 10.8. The molecule has 2 atom stereocenters. The van der Waals surface area contributed by atoms with Crippen LogP contribution in [0.5, 0.6) is 0 Å². The van der Waals surface area contributed by atoms with Gasteiger partial charge in [-0.05, 0) is 87.1 Å². The van der Waals surface area contributed by atoms with Crippen LogP contribution in [-0.2, 0) is 4.74 Å². The lowest BCUT2D eigenvalue weighted by Crippen LogP contribution is -2.34. The number of nitrogens with one attached hydrogen (secondary N) is 2. The Morgan fingerprint density at radius 1 is 1.26 bits per heavy atom. The highest BCUT2D eigenvalue weighted by Gasteiger charge is 2.17. The lowest BCUT2D eigenvalue weighted by Gasteiger charge is -2.33. The first-order valence-corrected chi connectivity index (χ1v) is 11.5. The van der Waals surface area contributed by atoms with Gasteiger partial charge in [-0.25, -0.2) is 4.79 Å². The Morgan fingerprint density at radius 2 is 2.00 bits per heavy atom. The van der Waals surface area contributed by atoms with Gasteiger partial charge >= 0.3 is 5.97 Å². The van der Waals surface area contributed by atoms with Crippen LogP contribution in [0.3, 0.4) is 0 Å². The Labute approximate surface area is 191 Å². The largest absolute Gasteiger partial charge is 0.462 e. The summed E-state index contributed by atoms with van der Waals surface area (Å²) in [5.74, 6) is 0.421. The normalized spacial score (nSPS) is 17.0. The van der Waals surface area contributed by atoms with Crippen molar-refractivity contribution in [3.8, 4) is 0 Å². The van der Waals surface area contributed by atoms with Gasteiger partial charge in [0.2, 0.25) is 0 Å². The molecule has 2 aromatic carbocycles. The Kier molecular flexibility index (Phi) is 7.91. The maximum absolute atomic E-state index is 12.0. The van der Waals surface area contributed by atoms with Gasteiger partial charge in [-0.1, -0.05) is 25.1 Å². The van der Waals surface area contributed by atoms with E-state index in [1.807, 2.05) is 13.0 Å². The van der Waals surface area contributed by atoms with Crippen LogP contribution < -0.4 is 15.5 Å². The van der Waals surface area contributed by atoms with Crippen molar-refractivity contribution >= 4 is 34.7 Å². The van der Waals surface area contributed by atoms with E-state index >= 15 is 0 Å². The second-order valence-electron chi connectivity index (χ2n) is 8.36. The number of nitrogens with zero attached hydrogens (tertiary/aromatic N) is 1. The number of thiocarbonyl (C=S) groups is 1. The second-order valence-corrected chi connectivity index (χ2v) is 8.76. The number of carbonyl (C=O) groups is 1. The monoisotopic (exact) mass is 439 g/mol. The molecule has 166 valence electrons. The van der Waals surface area contributed by atoms with Crippen LogP contribution in [0.2, 0.25) is 0 Å². The molecule has 1 aliphatic rings. The molecule has 1 aliphatic heterocycles. The molecule has 31 heavy (non-hydrogen) atoms. The fourth-order valence-corrected chi connectivity index (χ4v) is 4.22. The summed E-state index contributed by atoms with van der Waals surface area (Å²) in [4.78, 5) is 14.5. The van der Waals surface area contributed by atoms with Gasteiger partial charge in [-0.3, -0.25) is 0 Å². The molecule has 6 heteroatoms. The minimum Gasteiger partial charge on any atom is -0.462 e. The molecule has 2 aromatic rings. The van der Waals surface area contributed by atoms with Crippen LogP contribution in [0, 0.1) is 12.8 Å². The molecule has 0 saturated carbocycles. The van der Waals surface area contributed by atoms with Crippen molar-refractivity contribution in [3.63, 3.8) is 0 Å². The van der Waals surface area contributed by atoms with E-state index in [9.17, 15) is 4.79 Å². The number of hydrogen-bond acceptors (Lipinski definition) is 4. The SMILES string of the molecule is CCOC(=O)c1ccc(C)c(NC(=S)N[C@@H](C)c2ccc(N3CCC[C@@H](C)C3)cc2)c1. The third-order valence-corrected chi connectivity index (χ3v) is 5.98. The first kappa shape index (κ1) is 23.1. The van der Waals surface area contributed by atoms with E-state index in [-0.39, 0.29) is 12.0 Å². The predicted molar refractivity (Wildman–Crippen MR) is 132 cm³/mol. The van der Waals surface area contributed by atoms with Crippen molar-refractivity contribution < 1.29 is 9.53 Å². The summed E-state index contributed by atoms with van der Waals surface area (Å²) >= 11 is 5.53. The highest BCUT2D eigenvalue weighted by atomic mass is 32.1. The highest BCUT2D eigenvalue weighted by molar-refractivity contribution is 7.80. The van der Waals surface area contributed by atoms with Crippen LogP contribution >= 0.6 is 12.2 Å². The number of rotatable bonds is 6. The van der Waals surface area contributed by atoms with Crippen LogP contribution in [0.15, 0.2) is 42.5 Å². The lowest BCUT2D eigenvalue weighted by atomic mass is 9.99. The number of ether oxygens (including phenoxy) is 1. The lowest BCUT2D eigenvalue weighted by molar-refractivity contribution is 0.0526. The first-order valence-electron chi connectivity index (χ1n) is 11.1. The summed E-state index contributed by atoms with van der Waals surface area (Å²) in [5.41, 5.74) is 4.77. The molecule has 2 N–H and O–H groups in total. The third kappa shape index (κ3) is 6.20. The maximum atomic E-state index is 12.0. The topological polar surface area (TPSA) is 53.6 Å². The van der Waals surface area contributed by atoms with Gasteiger partial charge in [-0.2, -0.15) is 0 Å².